The minimum Gasteiger partial charge on any atom is -0.379 e. The molecule has 19 heavy (non-hydrogen) atoms. The zero-order chi connectivity index (χ0) is 14.1. The minimum atomic E-state index is 0.206. The predicted molar refractivity (Wildman–Crippen MR) is 77.3 cm³/mol. The van der Waals surface area contributed by atoms with E-state index in [9.17, 15) is 4.79 Å². The summed E-state index contributed by atoms with van der Waals surface area (Å²) in [5.41, 5.74) is 0. The van der Waals surface area contributed by atoms with E-state index >= 15 is 0 Å². The van der Waals surface area contributed by atoms with Crippen LogP contribution in [0.2, 0.25) is 0 Å². The number of hydrogen-bond donors (Lipinski definition) is 0. The Morgan fingerprint density at radius 2 is 1.37 bits per heavy atom. The summed E-state index contributed by atoms with van der Waals surface area (Å²) in [5, 5.41) is 0. The second-order valence-corrected chi connectivity index (χ2v) is 4.80. The van der Waals surface area contributed by atoms with Crippen LogP contribution in [0.1, 0.15) is 20.8 Å². The third kappa shape index (κ3) is 5.89. The Balaban J connectivity index is 0.000000861. The van der Waals surface area contributed by atoms with E-state index < -0.39 is 0 Å². The number of hydrogen-bond acceptors (Lipinski definition) is 4. The lowest BCUT2D eigenvalue weighted by molar-refractivity contribution is -0.130. The number of nitrogens with zero attached hydrogens (tertiary/aromatic N) is 3. The van der Waals surface area contributed by atoms with Gasteiger partial charge in [-0.2, -0.15) is 0 Å². The van der Waals surface area contributed by atoms with Crippen molar-refractivity contribution in [3.05, 3.63) is 0 Å². The fourth-order valence-electron chi connectivity index (χ4n) is 2.39. The van der Waals surface area contributed by atoms with Gasteiger partial charge < -0.3 is 9.64 Å². The van der Waals surface area contributed by atoms with Crippen LogP contribution >= 0.6 is 0 Å². The maximum atomic E-state index is 11.2. The summed E-state index contributed by atoms with van der Waals surface area (Å²) in [5.74, 6) is 0.206. The molecule has 5 nitrogen and oxygen atoms in total. The van der Waals surface area contributed by atoms with Gasteiger partial charge in [0.25, 0.3) is 0 Å². The SMILES string of the molecule is CC.CC(=O)N1CCN(CCN2CCOCC2)CC1. The van der Waals surface area contributed by atoms with Crippen molar-refractivity contribution in [2.45, 2.75) is 20.8 Å². The summed E-state index contributed by atoms with van der Waals surface area (Å²) in [4.78, 5) is 18.0. The summed E-state index contributed by atoms with van der Waals surface area (Å²) in [7, 11) is 0. The van der Waals surface area contributed by atoms with E-state index in [0.717, 1.165) is 65.6 Å². The number of amides is 1. The number of morpholine rings is 1. The molecule has 0 aromatic carbocycles. The van der Waals surface area contributed by atoms with Crippen LogP contribution in [-0.4, -0.2) is 86.2 Å². The van der Waals surface area contributed by atoms with E-state index in [0.29, 0.717) is 0 Å². The van der Waals surface area contributed by atoms with Crippen molar-refractivity contribution < 1.29 is 9.53 Å². The zero-order valence-electron chi connectivity index (χ0n) is 12.7. The highest BCUT2D eigenvalue weighted by atomic mass is 16.5. The van der Waals surface area contributed by atoms with E-state index in [1.807, 2.05) is 18.7 Å². The van der Waals surface area contributed by atoms with Crippen molar-refractivity contribution in [3.63, 3.8) is 0 Å². The largest absolute Gasteiger partial charge is 0.379 e. The molecule has 0 aromatic heterocycles. The molecule has 0 bridgehead atoms. The van der Waals surface area contributed by atoms with Crippen LogP contribution in [-0.2, 0) is 9.53 Å². The molecular formula is C14H29N3O2. The highest BCUT2D eigenvalue weighted by Gasteiger charge is 2.19. The molecule has 2 fully saturated rings. The smallest absolute Gasteiger partial charge is 0.219 e. The summed E-state index contributed by atoms with van der Waals surface area (Å²) in [6.07, 6.45) is 0. The fourth-order valence-corrected chi connectivity index (χ4v) is 2.39. The van der Waals surface area contributed by atoms with Gasteiger partial charge in [-0.05, 0) is 0 Å². The van der Waals surface area contributed by atoms with Crippen LogP contribution in [0, 0.1) is 0 Å². The van der Waals surface area contributed by atoms with Gasteiger partial charge in [-0.25, -0.2) is 0 Å². The average Bonchev–Trinajstić information content (AvgIpc) is 2.49. The lowest BCUT2D eigenvalue weighted by atomic mass is 10.3. The minimum absolute atomic E-state index is 0.206. The molecule has 2 rings (SSSR count). The third-order valence-corrected chi connectivity index (χ3v) is 3.65. The molecule has 0 atom stereocenters. The van der Waals surface area contributed by atoms with Crippen LogP contribution < -0.4 is 0 Å². The molecule has 2 heterocycles. The van der Waals surface area contributed by atoms with Gasteiger partial charge in [0.1, 0.15) is 0 Å². The van der Waals surface area contributed by atoms with Crippen molar-refractivity contribution in [2.24, 2.45) is 0 Å². The summed E-state index contributed by atoms with van der Waals surface area (Å²) in [6, 6.07) is 0. The van der Waals surface area contributed by atoms with Crippen molar-refractivity contribution >= 4 is 5.91 Å². The molecular weight excluding hydrogens is 242 g/mol. The van der Waals surface area contributed by atoms with Gasteiger partial charge in [0.15, 0.2) is 0 Å². The van der Waals surface area contributed by atoms with Crippen LogP contribution in [0.5, 0.6) is 0 Å². The van der Waals surface area contributed by atoms with Gasteiger partial charge in [-0.15, -0.1) is 0 Å². The molecule has 2 aliphatic heterocycles. The van der Waals surface area contributed by atoms with E-state index in [1.54, 1.807) is 6.92 Å². The first-order chi connectivity index (χ1) is 9.25. The molecule has 0 aromatic rings. The first-order valence-corrected chi connectivity index (χ1v) is 7.53. The van der Waals surface area contributed by atoms with Crippen LogP contribution in [0.25, 0.3) is 0 Å². The zero-order valence-corrected chi connectivity index (χ0v) is 12.7. The average molecular weight is 271 g/mol. The maximum Gasteiger partial charge on any atom is 0.219 e. The topological polar surface area (TPSA) is 36.0 Å². The first kappa shape index (κ1) is 16.4. The number of carbonyl (C=O) groups is 1. The summed E-state index contributed by atoms with van der Waals surface area (Å²) < 4.78 is 5.33. The molecule has 0 saturated carbocycles. The standard InChI is InChI=1S/C12H23N3O2.C2H6/c1-12(16)15-6-4-13(5-7-15)2-3-14-8-10-17-11-9-14;1-2/h2-11H2,1H3;1-2H3. The molecule has 1 amide bonds. The lowest BCUT2D eigenvalue weighted by Gasteiger charge is -2.36. The number of piperazine rings is 1. The number of rotatable bonds is 3. The Morgan fingerprint density at radius 1 is 0.895 bits per heavy atom. The fraction of sp³-hybridized carbons (Fsp3) is 0.929. The van der Waals surface area contributed by atoms with E-state index in [2.05, 4.69) is 9.80 Å². The molecule has 0 N–H and O–H groups in total. The van der Waals surface area contributed by atoms with Crippen molar-refractivity contribution in [1.82, 2.24) is 14.7 Å². The van der Waals surface area contributed by atoms with E-state index in [1.165, 1.54) is 0 Å². The van der Waals surface area contributed by atoms with Crippen LogP contribution in [0.15, 0.2) is 0 Å². The van der Waals surface area contributed by atoms with Gasteiger partial charge in [-0.3, -0.25) is 14.6 Å². The maximum absolute atomic E-state index is 11.2. The van der Waals surface area contributed by atoms with Crippen molar-refractivity contribution in [2.75, 3.05) is 65.6 Å². The Kier molecular flexibility index (Phi) is 8.02. The predicted octanol–water partition coefficient (Wildman–Crippen LogP) is 0.509. The highest BCUT2D eigenvalue weighted by Crippen LogP contribution is 2.03. The monoisotopic (exact) mass is 271 g/mol. The molecule has 5 heteroatoms. The Bertz CT molecular complexity index is 247. The lowest BCUT2D eigenvalue weighted by Crippen LogP contribution is -2.50. The van der Waals surface area contributed by atoms with Crippen LogP contribution in [0.3, 0.4) is 0 Å². The number of carbonyl (C=O) groups excluding carboxylic acids is 1. The quantitative estimate of drug-likeness (QED) is 0.749. The molecule has 112 valence electrons. The highest BCUT2D eigenvalue weighted by molar-refractivity contribution is 5.73. The third-order valence-electron chi connectivity index (χ3n) is 3.65. The van der Waals surface area contributed by atoms with Crippen molar-refractivity contribution in [3.8, 4) is 0 Å². The van der Waals surface area contributed by atoms with Gasteiger partial charge in [0.2, 0.25) is 5.91 Å². The molecule has 0 spiro atoms. The Labute approximate surface area is 117 Å². The van der Waals surface area contributed by atoms with E-state index in [4.69, 9.17) is 4.74 Å². The Morgan fingerprint density at radius 3 is 1.84 bits per heavy atom. The Hall–Kier alpha value is -0.650. The van der Waals surface area contributed by atoms with Crippen LogP contribution in [0.4, 0.5) is 0 Å². The summed E-state index contributed by atoms with van der Waals surface area (Å²) in [6.45, 7) is 15.6. The van der Waals surface area contributed by atoms with Gasteiger partial charge >= 0.3 is 0 Å². The summed E-state index contributed by atoms with van der Waals surface area (Å²) >= 11 is 0. The molecule has 2 saturated heterocycles. The molecule has 0 unspecified atom stereocenters. The normalized spacial score (nSPS) is 21.7. The van der Waals surface area contributed by atoms with Crippen molar-refractivity contribution in [1.29, 1.82) is 0 Å². The molecule has 0 radical (unpaired) electrons. The second-order valence-electron chi connectivity index (χ2n) is 4.80. The van der Waals surface area contributed by atoms with Gasteiger partial charge in [0, 0.05) is 59.3 Å². The molecule has 0 aliphatic carbocycles. The molecule has 2 aliphatic rings. The first-order valence-electron chi connectivity index (χ1n) is 7.53. The van der Waals surface area contributed by atoms with E-state index in [-0.39, 0.29) is 5.91 Å². The number of ether oxygens (including phenoxy) is 1. The van der Waals surface area contributed by atoms with Gasteiger partial charge in [-0.1, -0.05) is 13.8 Å². The van der Waals surface area contributed by atoms with Gasteiger partial charge in [0.05, 0.1) is 13.2 Å². The second kappa shape index (κ2) is 9.28.